The van der Waals surface area contributed by atoms with Crippen molar-refractivity contribution < 1.29 is 19.4 Å². The predicted octanol–water partition coefficient (Wildman–Crippen LogP) is 1.37. The zero-order valence-corrected chi connectivity index (χ0v) is 12.7. The largest absolute Gasteiger partial charge is 0.481 e. The number of carboxylic acid groups (broad SMARTS) is 1. The Bertz CT molecular complexity index is 543. The van der Waals surface area contributed by atoms with Crippen molar-refractivity contribution in [3.05, 3.63) is 10.6 Å². The second-order valence-corrected chi connectivity index (χ2v) is 7.32. The van der Waals surface area contributed by atoms with Gasteiger partial charge in [-0.05, 0) is 31.8 Å². The highest BCUT2D eigenvalue weighted by molar-refractivity contribution is 9.11. The molecule has 108 valence electrons. The lowest BCUT2D eigenvalue weighted by molar-refractivity contribution is -0.148. The van der Waals surface area contributed by atoms with E-state index in [0.717, 1.165) is 17.3 Å². The monoisotopic (exact) mass is 341 g/mol. The molecule has 3 fully saturated rings. The highest BCUT2D eigenvalue weighted by atomic mass is 79.9. The molecule has 3 aliphatic heterocycles. The van der Waals surface area contributed by atoms with Gasteiger partial charge in [-0.2, -0.15) is 0 Å². The maximum absolute atomic E-state index is 12.7. The summed E-state index contributed by atoms with van der Waals surface area (Å²) in [5.74, 6) is -1.75. The van der Waals surface area contributed by atoms with Crippen LogP contribution in [0.3, 0.4) is 0 Å². The fourth-order valence-electron chi connectivity index (χ4n) is 4.05. The summed E-state index contributed by atoms with van der Waals surface area (Å²) in [6.45, 7) is 2.55. The van der Waals surface area contributed by atoms with Gasteiger partial charge < -0.3 is 14.7 Å². The van der Waals surface area contributed by atoms with Crippen LogP contribution in [0.4, 0.5) is 0 Å². The summed E-state index contributed by atoms with van der Waals surface area (Å²) >= 11 is 3.40. The van der Waals surface area contributed by atoms with Gasteiger partial charge in [0.25, 0.3) is 0 Å². The van der Waals surface area contributed by atoms with E-state index in [9.17, 15) is 14.7 Å². The topological polar surface area (TPSA) is 66.8 Å². The average molecular weight is 342 g/mol. The summed E-state index contributed by atoms with van der Waals surface area (Å²) in [5, 5.41) is 9.46. The van der Waals surface area contributed by atoms with Gasteiger partial charge in [0.1, 0.15) is 17.6 Å². The number of hydrogen-bond donors (Lipinski definition) is 1. The molecule has 1 N–H and O–H groups in total. The van der Waals surface area contributed by atoms with E-state index in [1.165, 1.54) is 0 Å². The molecule has 1 amide bonds. The first-order valence-electron chi connectivity index (χ1n) is 7.04. The minimum atomic E-state index is -0.943. The van der Waals surface area contributed by atoms with Crippen molar-refractivity contribution in [1.29, 1.82) is 0 Å². The Morgan fingerprint density at radius 3 is 2.90 bits per heavy atom. The van der Waals surface area contributed by atoms with E-state index in [1.54, 1.807) is 0 Å². The van der Waals surface area contributed by atoms with Crippen LogP contribution in [0, 0.1) is 17.8 Å². The minimum Gasteiger partial charge on any atom is -0.481 e. The Balaban J connectivity index is 1.71. The molecule has 1 spiro atoms. The lowest BCUT2D eigenvalue weighted by Crippen LogP contribution is -2.41. The van der Waals surface area contributed by atoms with Crippen LogP contribution in [-0.4, -0.2) is 46.2 Å². The predicted molar refractivity (Wildman–Crippen MR) is 73.1 cm³/mol. The summed E-state index contributed by atoms with van der Waals surface area (Å²) in [4.78, 5) is 26.1. The molecule has 6 heteroatoms. The summed E-state index contributed by atoms with van der Waals surface area (Å²) in [5.41, 5.74) is -0.729. The SMILES string of the molecule is CC(C1CC1)N1C[C@]23C=C(Br)[C@H](O2)C(C(=O)O)C3C1=O. The number of likely N-dealkylation sites (tertiary alicyclic amines) is 1. The van der Waals surface area contributed by atoms with E-state index in [-0.39, 0.29) is 11.9 Å². The van der Waals surface area contributed by atoms with Crippen LogP contribution < -0.4 is 0 Å². The van der Waals surface area contributed by atoms with Crippen LogP contribution in [0.25, 0.3) is 0 Å². The van der Waals surface area contributed by atoms with Crippen molar-refractivity contribution in [1.82, 2.24) is 4.90 Å². The molecule has 5 nitrogen and oxygen atoms in total. The van der Waals surface area contributed by atoms with Gasteiger partial charge in [0.15, 0.2) is 0 Å². The maximum Gasteiger partial charge on any atom is 0.310 e. The molecule has 20 heavy (non-hydrogen) atoms. The van der Waals surface area contributed by atoms with Crippen molar-refractivity contribution >= 4 is 27.8 Å². The molecule has 4 aliphatic rings. The van der Waals surface area contributed by atoms with Crippen LogP contribution in [0.5, 0.6) is 0 Å². The van der Waals surface area contributed by atoms with Crippen molar-refractivity contribution in [3.63, 3.8) is 0 Å². The smallest absolute Gasteiger partial charge is 0.310 e. The number of carbonyl (C=O) groups excluding carboxylic acids is 1. The fraction of sp³-hybridized carbons (Fsp3) is 0.714. The second-order valence-electron chi connectivity index (χ2n) is 6.41. The normalized spacial score (nSPS) is 43.7. The van der Waals surface area contributed by atoms with E-state index < -0.39 is 29.5 Å². The highest BCUT2D eigenvalue weighted by Crippen LogP contribution is 2.56. The lowest BCUT2D eigenvalue weighted by atomic mass is 9.77. The van der Waals surface area contributed by atoms with Crippen LogP contribution in [-0.2, 0) is 14.3 Å². The lowest BCUT2D eigenvalue weighted by Gasteiger charge is -2.27. The van der Waals surface area contributed by atoms with Gasteiger partial charge in [0.05, 0.1) is 12.5 Å². The zero-order chi connectivity index (χ0) is 14.2. The van der Waals surface area contributed by atoms with Gasteiger partial charge in [0.2, 0.25) is 5.91 Å². The molecule has 5 atom stereocenters. The van der Waals surface area contributed by atoms with Crippen LogP contribution in [0.15, 0.2) is 10.6 Å². The maximum atomic E-state index is 12.7. The summed E-state index contributed by atoms with van der Waals surface area (Å²) in [6.07, 6.45) is 3.74. The molecule has 3 heterocycles. The van der Waals surface area contributed by atoms with Gasteiger partial charge in [0, 0.05) is 10.5 Å². The molecule has 0 aromatic heterocycles. The number of amides is 1. The molecule has 0 radical (unpaired) electrons. The molecule has 4 rings (SSSR count). The Labute approximate surface area is 125 Å². The van der Waals surface area contributed by atoms with Gasteiger partial charge in [-0.25, -0.2) is 0 Å². The summed E-state index contributed by atoms with van der Waals surface area (Å²) in [7, 11) is 0. The van der Waals surface area contributed by atoms with Crippen LogP contribution in [0.1, 0.15) is 19.8 Å². The third kappa shape index (κ3) is 1.46. The number of aliphatic carboxylic acids is 1. The average Bonchev–Trinajstić information content (AvgIpc) is 3.04. The van der Waals surface area contributed by atoms with Gasteiger partial charge in [-0.1, -0.05) is 15.9 Å². The molecule has 3 unspecified atom stereocenters. The Kier molecular flexibility index (Phi) is 2.47. The van der Waals surface area contributed by atoms with E-state index in [4.69, 9.17) is 4.74 Å². The zero-order valence-electron chi connectivity index (χ0n) is 11.1. The van der Waals surface area contributed by atoms with Crippen molar-refractivity contribution in [3.8, 4) is 0 Å². The Hall–Kier alpha value is -0.880. The number of hydrogen-bond acceptors (Lipinski definition) is 3. The first-order chi connectivity index (χ1) is 9.44. The number of nitrogens with zero attached hydrogens (tertiary/aromatic N) is 1. The van der Waals surface area contributed by atoms with E-state index in [1.807, 2.05) is 11.0 Å². The summed E-state index contributed by atoms with van der Waals surface area (Å²) < 4.78 is 6.71. The molecule has 2 bridgehead atoms. The third-order valence-corrected chi connectivity index (χ3v) is 5.94. The minimum absolute atomic E-state index is 0.0458. The van der Waals surface area contributed by atoms with E-state index in [2.05, 4.69) is 22.9 Å². The molecule has 0 aromatic carbocycles. The first kappa shape index (κ1) is 12.8. The molecule has 1 aliphatic carbocycles. The van der Waals surface area contributed by atoms with Gasteiger partial charge >= 0.3 is 5.97 Å². The molecule has 0 aromatic rings. The number of halogens is 1. The van der Waals surface area contributed by atoms with Crippen LogP contribution >= 0.6 is 15.9 Å². The molecule has 2 saturated heterocycles. The Morgan fingerprint density at radius 2 is 2.30 bits per heavy atom. The fourth-order valence-corrected chi connectivity index (χ4v) is 4.81. The molecular weight excluding hydrogens is 326 g/mol. The van der Waals surface area contributed by atoms with Gasteiger partial charge in [-0.3, -0.25) is 9.59 Å². The third-order valence-electron chi connectivity index (χ3n) is 5.26. The molecule has 1 saturated carbocycles. The number of rotatable bonds is 3. The number of ether oxygens (including phenoxy) is 1. The number of fused-ring (bicyclic) bond motifs is 1. The quantitative estimate of drug-likeness (QED) is 0.841. The van der Waals surface area contributed by atoms with E-state index >= 15 is 0 Å². The number of carboxylic acids is 1. The van der Waals surface area contributed by atoms with Crippen molar-refractivity contribution in [2.24, 2.45) is 17.8 Å². The Morgan fingerprint density at radius 1 is 1.60 bits per heavy atom. The summed E-state index contributed by atoms with van der Waals surface area (Å²) in [6, 6.07) is 0.187. The first-order valence-corrected chi connectivity index (χ1v) is 7.83. The van der Waals surface area contributed by atoms with Crippen molar-refractivity contribution in [2.45, 2.75) is 37.5 Å². The molecular formula is C14H16BrNO4. The van der Waals surface area contributed by atoms with Crippen LogP contribution in [0.2, 0.25) is 0 Å². The van der Waals surface area contributed by atoms with Gasteiger partial charge in [-0.15, -0.1) is 0 Å². The van der Waals surface area contributed by atoms with Crippen molar-refractivity contribution in [2.75, 3.05) is 6.54 Å². The second kappa shape index (κ2) is 3.85. The number of carbonyl (C=O) groups is 2. The highest BCUT2D eigenvalue weighted by Gasteiger charge is 2.69. The van der Waals surface area contributed by atoms with E-state index in [0.29, 0.717) is 12.5 Å². The standard InChI is InChI=1S/C14H16BrNO4/c1-6(7-2-3-7)16-5-14-4-8(15)11(20-14)9(13(18)19)10(14)12(16)17/h4,6-7,9-11H,2-3,5H2,1H3,(H,18,19)/t6?,9?,10?,11-,14-/m0/s1.